The summed E-state index contributed by atoms with van der Waals surface area (Å²) in [5.74, 6) is -0.183. The largest absolute Gasteiger partial charge is 0.469 e. The maximum atomic E-state index is 11.1. The van der Waals surface area contributed by atoms with Crippen LogP contribution in [-0.2, 0) is 27.5 Å². The summed E-state index contributed by atoms with van der Waals surface area (Å²) in [6.45, 7) is 9.03. The molecule has 6 nitrogen and oxygen atoms in total. The first kappa shape index (κ1) is 25.5. The van der Waals surface area contributed by atoms with Gasteiger partial charge in [-0.1, -0.05) is 24.3 Å². The number of esters is 1. The molecule has 0 amide bonds. The Hall–Kier alpha value is -1.47. The predicted molar refractivity (Wildman–Crippen MR) is 107 cm³/mol. The summed E-state index contributed by atoms with van der Waals surface area (Å²) >= 11 is 0. The van der Waals surface area contributed by atoms with Gasteiger partial charge in [0.2, 0.25) is 0 Å². The van der Waals surface area contributed by atoms with Crippen LogP contribution in [0.25, 0.3) is 0 Å². The highest BCUT2D eigenvalue weighted by molar-refractivity contribution is 5.69. The smallest absolute Gasteiger partial charge is 0.305 e. The van der Waals surface area contributed by atoms with E-state index in [0.29, 0.717) is 19.4 Å². The van der Waals surface area contributed by atoms with E-state index in [1.165, 1.54) is 7.11 Å². The molecule has 0 bridgehead atoms. The highest BCUT2D eigenvalue weighted by atomic mass is 16.5. The summed E-state index contributed by atoms with van der Waals surface area (Å²) in [6, 6.07) is 7.23. The number of aliphatic hydroxyl groups excluding tert-OH is 2. The first-order valence-corrected chi connectivity index (χ1v) is 9.28. The average molecular weight is 384 g/mol. The molecule has 3 N–H and O–H groups in total. The second-order valence-corrected chi connectivity index (χ2v) is 7.70. The molecule has 156 valence electrons. The van der Waals surface area contributed by atoms with E-state index in [-0.39, 0.29) is 30.3 Å². The van der Waals surface area contributed by atoms with Crippen molar-refractivity contribution in [3.05, 3.63) is 35.4 Å². The quantitative estimate of drug-likeness (QED) is 0.539. The van der Waals surface area contributed by atoms with Crippen LogP contribution in [0.2, 0.25) is 0 Å². The lowest BCUT2D eigenvalue weighted by atomic mass is 10.0. The van der Waals surface area contributed by atoms with Gasteiger partial charge < -0.3 is 25.0 Å². The number of hydrogen-bond donors (Lipinski definition) is 3. The molecule has 0 unspecified atom stereocenters. The topological polar surface area (TPSA) is 88.0 Å². The first-order chi connectivity index (χ1) is 12.6. The number of hydrogen-bond acceptors (Lipinski definition) is 6. The normalized spacial score (nSPS) is 11.6. The number of benzene rings is 1. The minimum Gasteiger partial charge on any atom is -0.469 e. The standard InChI is InChI=1S/C13H27NO3.C8H10O2/c1-12(2,14-5)9-10-17-13(3,4)8-7-11(15)16-6;9-5-7-2-1-3-8(4-7)6-10/h14H,7-10H2,1-6H3;1-4,9-10H,5-6H2. The van der Waals surface area contributed by atoms with Gasteiger partial charge in [0.25, 0.3) is 0 Å². The first-order valence-electron chi connectivity index (χ1n) is 9.28. The Bertz CT molecular complexity index is 524. The zero-order valence-corrected chi connectivity index (χ0v) is 17.7. The lowest BCUT2D eigenvalue weighted by Gasteiger charge is -2.29. The van der Waals surface area contributed by atoms with Gasteiger partial charge in [0.15, 0.2) is 0 Å². The monoisotopic (exact) mass is 383 g/mol. The third-order valence-corrected chi connectivity index (χ3v) is 4.41. The fraction of sp³-hybridized carbons (Fsp3) is 0.667. The van der Waals surface area contributed by atoms with E-state index in [0.717, 1.165) is 17.5 Å². The van der Waals surface area contributed by atoms with Crippen molar-refractivity contribution < 1.29 is 24.5 Å². The van der Waals surface area contributed by atoms with Crippen LogP contribution in [0.15, 0.2) is 24.3 Å². The van der Waals surface area contributed by atoms with Crippen molar-refractivity contribution in [3.63, 3.8) is 0 Å². The molecule has 0 spiro atoms. The van der Waals surface area contributed by atoms with Crippen LogP contribution in [0.1, 0.15) is 58.1 Å². The molecule has 0 heterocycles. The molecule has 0 aromatic heterocycles. The van der Waals surface area contributed by atoms with Crippen molar-refractivity contribution in [2.45, 2.75) is 71.3 Å². The highest BCUT2D eigenvalue weighted by Crippen LogP contribution is 2.19. The fourth-order valence-corrected chi connectivity index (χ4v) is 2.11. The molecule has 0 aliphatic rings. The Balaban J connectivity index is 0.000000569. The van der Waals surface area contributed by atoms with E-state index in [1.54, 1.807) is 6.07 Å². The van der Waals surface area contributed by atoms with Gasteiger partial charge in [0.1, 0.15) is 0 Å². The molecule has 0 aliphatic heterocycles. The summed E-state index contributed by atoms with van der Waals surface area (Å²) in [5.41, 5.74) is 1.48. The van der Waals surface area contributed by atoms with Crippen molar-refractivity contribution >= 4 is 5.97 Å². The highest BCUT2D eigenvalue weighted by Gasteiger charge is 2.22. The minimum absolute atomic E-state index is 0.0356. The van der Waals surface area contributed by atoms with Gasteiger partial charge in [-0.2, -0.15) is 0 Å². The molecule has 6 heteroatoms. The maximum Gasteiger partial charge on any atom is 0.305 e. The molecule has 0 atom stereocenters. The van der Waals surface area contributed by atoms with Crippen LogP contribution < -0.4 is 5.32 Å². The molecular weight excluding hydrogens is 346 g/mol. The summed E-state index contributed by atoms with van der Waals surface area (Å²) in [4.78, 5) is 11.1. The van der Waals surface area contributed by atoms with Crippen LogP contribution in [0, 0.1) is 0 Å². The number of ether oxygens (including phenoxy) is 2. The van der Waals surface area contributed by atoms with Gasteiger partial charge >= 0.3 is 5.97 Å². The predicted octanol–water partition coefficient (Wildman–Crippen LogP) is 2.79. The molecule has 1 rings (SSSR count). The summed E-state index contributed by atoms with van der Waals surface area (Å²) < 4.78 is 10.4. The summed E-state index contributed by atoms with van der Waals surface area (Å²) in [7, 11) is 3.36. The third kappa shape index (κ3) is 12.5. The van der Waals surface area contributed by atoms with Crippen molar-refractivity contribution in [2.75, 3.05) is 20.8 Å². The molecule has 0 aliphatic carbocycles. The van der Waals surface area contributed by atoms with Gasteiger partial charge in [-0.25, -0.2) is 0 Å². The van der Waals surface area contributed by atoms with Gasteiger partial charge in [-0.15, -0.1) is 0 Å². The van der Waals surface area contributed by atoms with Gasteiger partial charge in [0.05, 0.1) is 25.9 Å². The zero-order chi connectivity index (χ0) is 20.9. The third-order valence-electron chi connectivity index (χ3n) is 4.41. The Kier molecular flexibility index (Phi) is 12.1. The lowest BCUT2D eigenvalue weighted by Crippen LogP contribution is -2.38. The molecule has 0 radical (unpaired) electrons. The number of carbonyl (C=O) groups is 1. The number of carbonyl (C=O) groups excluding carboxylic acids is 1. The fourth-order valence-electron chi connectivity index (χ4n) is 2.11. The molecule has 1 aromatic carbocycles. The van der Waals surface area contributed by atoms with E-state index in [2.05, 4.69) is 23.9 Å². The van der Waals surface area contributed by atoms with Gasteiger partial charge in [0, 0.05) is 18.6 Å². The number of methoxy groups -OCH3 is 1. The van der Waals surface area contributed by atoms with Crippen LogP contribution in [0.4, 0.5) is 0 Å². The van der Waals surface area contributed by atoms with Crippen LogP contribution in [-0.4, -0.2) is 48.1 Å². The maximum absolute atomic E-state index is 11.1. The van der Waals surface area contributed by atoms with Crippen molar-refractivity contribution in [1.82, 2.24) is 5.32 Å². The molecule has 0 saturated carbocycles. The van der Waals surface area contributed by atoms with E-state index in [1.807, 2.05) is 39.1 Å². The van der Waals surface area contributed by atoms with Crippen molar-refractivity contribution in [3.8, 4) is 0 Å². The van der Waals surface area contributed by atoms with E-state index in [4.69, 9.17) is 14.9 Å². The molecule has 27 heavy (non-hydrogen) atoms. The van der Waals surface area contributed by atoms with Gasteiger partial charge in [-0.05, 0) is 58.7 Å². The molecular formula is C21H37NO5. The molecule has 0 saturated heterocycles. The van der Waals surface area contributed by atoms with E-state index >= 15 is 0 Å². The Morgan fingerprint density at radius 1 is 1.07 bits per heavy atom. The SMILES string of the molecule is CNC(C)(C)CCOC(C)(C)CCC(=O)OC.OCc1cccc(CO)c1. The Labute approximate surface area is 163 Å². The second kappa shape index (κ2) is 12.8. The van der Waals surface area contributed by atoms with Crippen LogP contribution in [0.3, 0.4) is 0 Å². The van der Waals surface area contributed by atoms with Crippen molar-refractivity contribution in [1.29, 1.82) is 0 Å². The number of rotatable bonds is 10. The average Bonchev–Trinajstić information content (AvgIpc) is 2.66. The summed E-state index contributed by atoms with van der Waals surface area (Å²) in [5, 5.41) is 20.6. The Morgan fingerprint density at radius 2 is 1.63 bits per heavy atom. The summed E-state index contributed by atoms with van der Waals surface area (Å²) in [6.07, 6.45) is 2.02. The zero-order valence-electron chi connectivity index (χ0n) is 17.7. The molecule has 0 fully saturated rings. The van der Waals surface area contributed by atoms with E-state index < -0.39 is 0 Å². The van der Waals surface area contributed by atoms with E-state index in [9.17, 15) is 4.79 Å². The van der Waals surface area contributed by atoms with Crippen LogP contribution >= 0.6 is 0 Å². The van der Waals surface area contributed by atoms with Crippen molar-refractivity contribution in [2.24, 2.45) is 0 Å². The number of nitrogens with one attached hydrogen (secondary N) is 1. The van der Waals surface area contributed by atoms with Gasteiger partial charge in [-0.3, -0.25) is 4.79 Å². The minimum atomic E-state index is -0.280. The lowest BCUT2D eigenvalue weighted by molar-refractivity contribution is -0.142. The Morgan fingerprint density at radius 3 is 2.07 bits per heavy atom. The number of aliphatic hydroxyl groups is 2. The van der Waals surface area contributed by atoms with Crippen LogP contribution in [0.5, 0.6) is 0 Å². The molecule has 1 aromatic rings. The second-order valence-electron chi connectivity index (χ2n) is 7.70.